The van der Waals surface area contributed by atoms with Crippen LogP contribution in [-0.4, -0.2) is 20.5 Å². The van der Waals surface area contributed by atoms with Gasteiger partial charge in [0.1, 0.15) is 0 Å². The molecule has 1 aromatic heterocycles. The Labute approximate surface area is 166 Å². The zero-order valence-electron chi connectivity index (χ0n) is 15.5. The van der Waals surface area contributed by atoms with Crippen LogP contribution in [0.1, 0.15) is 11.3 Å². The van der Waals surface area contributed by atoms with E-state index in [2.05, 4.69) is 4.98 Å². The molecule has 0 amide bonds. The largest absolute Gasteiger partial charge is 0.481 e. The molecule has 152 valence electrons. The highest BCUT2D eigenvalue weighted by atomic mass is 32.2. The summed E-state index contributed by atoms with van der Waals surface area (Å²) < 4.78 is 69.4. The smallest absolute Gasteiger partial charge is 0.434 e. The van der Waals surface area contributed by atoms with E-state index in [1.165, 1.54) is 37.4 Å². The van der Waals surface area contributed by atoms with Gasteiger partial charge in [-0.3, -0.25) is 0 Å². The summed E-state index contributed by atoms with van der Waals surface area (Å²) in [4.78, 5) is 3.50. The molecule has 0 saturated carbocycles. The van der Waals surface area contributed by atoms with Gasteiger partial charge in [-0.25, -0.2) is 18.5 Å². The molecule has 0 atom stereocenters. The van der Waals surface area contributed by atoms with E-state index in [0.29, 0.717) is 11.1 Å². The Bertz CT molecular complexity index is 1140. The number of hydrogen-bond acceptors (Lipinski definition) is 4. The summed E-state index contributed by atoms with van der Waals surface area (Å²) in [6.45, 7) is 1.83. The minimum Gasteiger partial charge on any atom is -0.481 e. The van der Waals surface area contributed by atoms with Crippen LogP contribution in [-0.2, 0) is 16.2 Å². The highest BCUT2D eigenvalue weighted by Gasteiger charge is 2.38. The van der Waals surface area contributed by atoms with E-state index < -0.39 is 21.9 Å². The van der Waals surface area contributed by atoms with Gasteiger partial charge < -0.3 is 4.74 Å². The van der Waals surface area contributed by atoms with Crippen LogP contribution in [0, 0.1) is 6.92 Å². The number of aromatic nitrogens is 1. The number of methoxy groups -OCH3 is 1. The van der Waals surface area contributed by atoms with Crippen molar-refractivity contribution < 1.29 is 26.3 Å². The van der Waals surface area contributed by atoms with E-state index in [4.69, 9.17) is 9.88 Å². The molecule has 0 saturated heterocycles. The fourth-order valence-electron chi connectivity index (χ4n) is 2.90. The van der Waals surface area contributed by atoms with Crippen LogP contribution < -0.4 is 9.88 Å². The minimum absolute atomic E-state index is 0.123. The number of ether oxygens (including phenoxy) is 1. The number of benzene rings is 2. The van der Waals surface area contributed by atoms with Crippen LogP contribution in [0.4, 0.5) is 13.2 Å². The van der Waals surface area contributed by atoms with Crippen molar-refractivity contribution in [1.29, 1.82) is 0 Å². The summed E-state index contributed by atoms with van der Waals surface area (Å²) in [5.41, 5.74) is 0.562. The van der Waals surface area contributed by atoms with E-state index in [0.717, 1.165) is 5.56 Å². The number of aryl methyl sites for hydroxylation is 1. The fourth-order valence-corrected chi connectivity index (χ4v) is 3.41. The lowest BCUT2D eigenvalue weighted by Crippen LogP contribution is -2.13. The second-order valence-electron chi connectivity index (χ2n) is 6.37. The Kier molecular flexibility index (Phi) is 5.38. The van der Waals surface area contributed by atoms with E-state index in [1.807, 2.05) is 6.92 Å². The Balaban J connectivity index is 2.33. The van der Waals surface area contributed by atoms with Crippen LogP contribution in [0.25, 0.3) is 22.3 Å². The molecule has 3 aromatic rings. The van der Waals surface area contributed by atoms with Gasteiger partial charge in [0.05, 0.1) is 12.0 Å². The highest BCUT2D eigenvalue weighted by molar-refractivity contribution is 7.89. The van der Waals surface area contributed by atoms with Gasteiger partial charge in [-0.15, -0.1) is 0 Å². The van der Waals surface area contributed by atoms with Crippen molar-refractivity contribution >= 4 is 10.0 Å². The SMILES string of the molecule is COc1cc(-c2ccc(S(N)(=O)=O)cc2)c(-c2ccc(C)cc2)c(C(F)(F)F)n1. The maximum atomic E-state index is 13.8. The van der Waals surface area contributed by atoms with Gasteiger partial charge in [-0.1, -0.05) is 42.0 Å². The average molecular weight is 422 g/mol. The molecule has 0 bridgehead atoms. The predicted octanol–water partition coefficient (Wildman–Crippen LogP) is 4.40. The quantitative estimate of drug-likeness (QED) is 0.676. The molecule has 9 heteroatoms. The number of rotatable bonds is 4. The first-order chi connectivity index (χ1) is 13.5. The first-order valence-electron chi connectivity index (χ1n) is 8.37. The summed E-state index contributed by atoms with van der Waals surface area (Å²) in [7, 11) is -2.71. The fraction of sp³-hybridized carbons (Fsp3) is 0.150. The number of halogens is 3. The molecule has 2 aromatic carbocycles. The lowest BCUT2D eigenvalue weighted by molar-refractivity contribution is -0.140. The molecule has 0 spiro atoms. The van der Waals surface area contributed by atoms with Gasteiger partial charge in [0.25, 0.3) is 0 Å². The van der Waals surface area contributed by atoms with Crippen molar-refractivity contribution in [2.45, 2.75) is 18.0 Å². The van der Waals surface area contributed by atoms with Gasteiger partial charge in [0.2, 0.25) is 15.9 Å². The number of nitrogens with two attached hydrogens (primary N) is 1. The van der Waals surface area contributed by atoms with Crippen LogP contribution in [0.15, 0.2) is 59.5 Å². The van der Waals surface area contributed by atoms with Gasteiger partial charge in [0, 0.05) is 11.6 Å². The van der Waals surface area contributed by atoms with E-state index >= 15 is 0 Å². The Morgan fingerprint density at radius 3 is 2.00 bits per heavy atom. The first-order valence-corrected chi connectivity index (χ1v) is 9.92. The highest BCUT2D eigenvalue weighted by Crippen LogP contribution is 2.43. The third kappa shape index (κ3) is 4.41. The topological polar surface area (TPSA) is 82.3 Å². The number of sulfonamides is 1. The van der Waals surface area contributed by atoms with Crippen molar-refractivity contribution in [3.8, 4) is 28.1 Å². The van der Waals surface area contributed by atoms with Crippen LogP contribution >= 0.6 is 0 Å². The standard InChI is InChI=1S/C20H17F3N2O3S/c1-12-3-5-14(6-4-12)18-16(11-17(28-2)25-19(18)20(21,22)23)13-7-9-15(10-8-13)29(24,26)27/h3-11H,1-2H3,(H2,24,26,27). The molecule has 0 aliphatic heterocycles. The monoisotopic (exact) mass is 422 g/mol. The number of nitrogens with zero attached hydrogens (tertiary/aromatic N) is 1. The molecular formula is C20H17F3N2O3S. The number of hydrogen-bond donors (Lipinski definition) is 1. The maximum absolute atomic E-state index is 13.8. The molecule has 0 aliphatic carbocycles. The normalized spacial score (nSPS) is 12.1. The van der Waals surface area contributed by atoms with Crippen molar-refractivity contribution in [2.24, 2.45) is 5.14 Å². The van der Waals surface area contributed by atoms with Crippen LogP contribution in [0.3, 0.4) is 0 Å². The van der Waals surface area contributed by atoms with E-state index in [9.17, 15) is 21.6 Å². The number of primary sulfonamides is 1. The lowest BCUT2D eigenvalue weighted by atomic mass is 9.92. The van der Waals surface area contributed by atoms with Crippen molar-refractivity contribution in [3.63, 3.8) is 0 Å². The van der Waals surface area contributed by atoms with Crippen molar-refractivity contribution in [1.82, 2.24) is 4.98 Å². The molecule has 2 N–H and O–H groups in total. The molecule has 5 nitrogen and oxygen atoms in total. The maximum Gasteiger partial charge on any atom is 0.434 e. The molecule has 3 rings (SSSR count). The summed E-state index contributed by atoms with van der Waals surface area (Å²) in [5, 5.41) is 5.10. The third-order valence-corrected chi connectivity index (χ3v) is 5.24. The van der Waals surface area contributed by atoms with E-state index in [1.54, 1.807) is 24.3 Å². The zero-order valence-corrected chi connectivity index (χ0v) is 16.3. The van der Waals surface area contributed by atoms with Crippen LogP contribution in [0.2, 0.25) is 0 Å². The molecule has 0 fully saturated rings. The third-order valence-electron chi connectivity index (χ3n) is 4.31. The van der Waals surface area contributed by atoms with E-state index in [-0.39, 0.29) is 21.9 Å². The summed E-state index contributed by atoms with van der Waals surface area (Å²) >= 11 is 0. The zero-order chi connectivity index (χ0) is 21.4. The summed E-state index contributed by atoms with van der Waals surface area (Å²) in [6, 6.07) is 13.2. The molecular weight excluding hydrogens is 405 g/mol. The first kappa shape index (κ1) is 20.8. The predicted molar refractivity (Wildman–Crippen MR) is 103 cm³/mol. The number of alkyl halides is 3. The Morgan fingerprint density at radius 1 is 0.966 bits per heavy atom. The second-order valence-corrected chi connectivity index (χ2v) is 7.93. The lowest BCUT2D eigenvalue weighted by Gasteiger charge is -2.18. The van der Waals surface area contributed by atoms with Gasteiger partial charge in [0.15, 0.2) is 5.69 Å². The van der Waals surface area contributed by atoms with Crippen molar-refractivity contribution in [3.05, 3.63) is 65.9 Å². The summed E-state index contributed by atoms with van der Waals surface area (Å²) in [6.07, 6.45) is -4.73. The summed E-state index contributed by atoms with van der Waals surface area (Å²) in [5.74, 6) is -0.210. The molecule has 29 heavy (non-hydrogen) atoms. The molecule has 0 aliphatic rings. The average Bonchev–Trinajstić information content (AvgIpc) is 2.66. The molecule has 0 radical (unpaired) electrons. The van der Waals surface area contributed by atoms with Gasteiger partial charge >= 0.3 is 6.18 Å². The Hall–Kier alpha value is -2.91. The number of pyridine rings is 1. The molecule has 0 unspecified atom stereocenters. The van der Waals surface area contributed by atoms with Crippen molar-refractivity contribution in [2.75, 3.05) is 7.11 Å². The second kappa shape index (κ2) is 7.49. The van der Waals surface area contributed by atoms with Gasteiger partial charge in [-0.2, -0.15) is 13.2 Å². The Morgan fingerprint density at radius 2 is 1.52 bits per heavy atom. The van der Waals surface area contributed by atoms with Gasteiger partial charge in [-0.05, 0) is 35.7 Å². The minimum atomic E-state index is -4.73. The molecule has 1 heterocycles. The van der Waals surface area contributed by atoms with Crippen LogP contribution in [0.5, 0.6) is 5.88 Å².